The molecule has 1 aliphatic rings. The number of aromatic amines is 1. The van der Waals surface area contributed by atoms with Crippen LogP contribution in [0.4, 0.5) is 0 Å². The number of halogens is 1. The first-order valence-electron chi connectivity index (χ1n) is 9.40. The molecule has 1 fully saturated rings. The van der Waals surface area contributed by atoms with Gasteiger partial charge < -0.3 is 25.1 Å². The lowest BCUT2D eigenvalue weighted by molar-refractivity contribution is -0.121. The average molecular weight is 396 g/mol. The lowest BCUT2D eigenvalue weighted by atomic mass is 10.0. The van der Waals surface area contributed by atoms with Crippen molar-refractivity contribution in [3.8, 4) is 11.5 Å². The lowest BCUT2D eigenvalue weighted by Gasteiger charge is -2.08. The van der Waals surface area contributed by atoms with Crippen molar-refractivity contribution < 1.29 is 14.3 Å². The topological polar surface area (TPSA) is 75.4 Å². The van der Waals surface area contributed by atoms with E-state index >= 15 is 0 Å². The third-order valence-electron chi connectivity index (χ3n) is 5.07. The zero-order valence-corrected chi connectivity index (χ0v) is 16.9. The molecule has 0 saturated carbocycles. The van der Waals surface area contributed by atoms with E-state index in [0.717, 1.165) is 60.4 Å². The maximum absolute atomic E-state index is 11.9. The molecule has 6 nitrogen and oxygen atoms in total. The fraction of sp³-hybridized carbons (Fsp3) is 0.550. The van der Waals surface area contributed by atoms with E-state index in [9.17, 15) is 4.79 Å². The van der Waals surface area contributed by atoms with Crippen molar-refractivity contribution in [2.75, 3.05) is 33.9 Å². The van der Waals surface area contributed by atoms with Gasteiger partial charge in [0.15, 0.2) is 0 Å². The summed E-state index contributed by atoms with van der Waals surface area (Å²) in [7, 11) is 3.31. The van der Waals surface area contributed by atoms with Crippen molar-refractivity contribution in [1.29, 1.82) is 0 Å². The number of carbonyl (C=O) groups excluding carboxylic acids is 1. The Hall–Kier alpha value is -1.92. The number of nitrogens with one attached hydrogen (secondary N) is 3. The summed E-state index contributed by atoms with van der Waals surface area (Å²) < 4.78 is 10.8. The van der Waals surface area contributed by atoms with Crippen LogP contribution in [0.2, 0.25) is 0 Å². The van der Waals surface area contributed by atoms with Crippen LogP contribution in [0.1, 0.15) is 31.4 Å². The van der Waals surface area contributed by atoms with E-state index in [2.05, 4.69) is 21.7 Å². The second-order valence-electron chi connectivity index (χ2n) is 6.94. The zero-order valence-electron chi connectivity index (χ0n) is 16.1. The summed E-state index contributed by atoms with van der Waals surface area (Å²) >= 11 is 0. The third kappa shape index (κ3) is 5.78. The highest BCUT2D eigenvalue weighted by atomic mass is 35.5. The average Bonchev–Trinajstić information content (AvgIpc) is 3.31. The molecule has 1 aromatic carbocycles. The van der Waals surface area contributed by atoms with Crippen LogP contribution in [0.25, 0.3) is 10.9 Å². The molecule has 0 bridgehead atoms. The van der Waals surface area contributed by atoms with Crippen molar-refractivity contribution >= 4 is 29.2 Å². The fourth-order valence-electron chi connectivity index (χ4n) is 3.55. The number of rotatable bonds is 9. The number of hydrogen-bond acceptors (Lipinski definition) is 4. The Morgan fingerprint density at radius 1 is 1.26 bits per heavy atom. The lowest BCUT2D eigenvalue weighted by Crippen LogP contribution is -2.25. The molecule has 0 aliphatic carbocycles. The van der Waals surface area contributed by atoms with Gasteiger partial charge in [-0.25, -0.2) is 0 Å². The van der Waals surface area contributed by atoms with Crippen LogP contribution in [-0.4, -0.2) is 44.7 Å². The highest BCUT2D eigenvalue weighted by molar-refractivity contribution is 5.88. The van der Waals surface area contributed by atoms with Gasteiger partial charge in [-0.1, -0.05) is 0 Å². The minimum atomic E-state index is 0. The Balaban J connectivity index is 0.00000261. The molecular formula is C20H30ClN3O3. The molecule has 1 atom stereocenters. The minimum absolute atomic E-state index is 0. The molecule has 150 valence electrons. The normalized spacial score (nSPS) is 16.1. The second-order valence-corrected chi connectivity index (χ2v) is 6.94. The SMILES string of the molecule is COc1cc(OC)c2cc(CCCNC(=O)CCC3CCNC3)[nH]c2c1.Cl. The summed E-state index contributed by atoms with van der Waals surface area (Å²) in [5.74, 6) is 2.41. The van der Waals surface area contributed by atoms with E-state index in [-0.39, 0.29) is 18.3 Å². The maximum atomic E-state index is 11.9. The van der Waals surface area contributed by atoms with Crippen LogP contribution in [0.15, 0.2) is 18.2 Å². The van der Waals surface area contributed by atoms with Crippen molar-refractivity contribution in [2.45, 2.75) is 32.1 Å². The number of amides is 1. The van der Waals surface area contributed by atoms with E-state index < -0.39 is 0 Å². The van der Waals surface area contributed by atoms with Gasteiger partial charge in [0, 0.05) is 36.2 Å². The van der Waals surface area contributed by atoms with Gasteiger partial charge in [-0.15, -0.1) is 12.4 Å². The van der Waals surface area contributed by atoms with Gasteiger partial charge in [-0.2, -0.15) is 0 Å². The number of hydrogen-bond donors (Lipinski definition) is 3. The van der Waals surface area contributed by atoms with E-state index in [0.29, 0.717) is 18.9 Å². The van der Waals surface area contributed by atoms with Gasteiger partial charge in [0.2, 0.25) is 5.91 Å². The molecule has 1 amide bonds. The molecule has 3 rings (SSSR count). The standard InChI is InChI=1S/C20H29N3O3.ClH/c1-25-16-11-18-17(19(12-16)26-2)10-15(23-18)4-3-8-22-20(24)6-5-14-7-9-21-13-14;/h10-12,14,21,23H,3-9,13H2,1-2H3,(H,22,24);1H. The van der Waals surface area contributed by atoms with E-state index in [1.165, 1.54) is 6.42 Å². The van der Waals surface area contributed by atoms with Crippen LogP contribution in [0.3, 0.4) is 0 Å². The highest BCUT2D eigenvalue weighted by Gasteiger charge is 2.15. The predicted molar refractivity (Wildman–Crippen MR) is 110 cm³/mol. The van der Waals surface area contributed by atoms with Crippen LogP contribution >= 0.6 is 12.4 Å². The van der Waals surface area contributed by atoms with Crippen molar-refractivity contribution in [1.82, 2.24) is 15.6 Å². The monoisotopic (exact) mass is 395 g/mol. The van der Waals surface area contributed by atoms with E-state index in [1.54, 1.807) is 14.2 Å². The Labute approximate surface area is 166 Å². The first-order valence-corrected chi connectivity index (χ1v) is 9.40. The summed E-state index contributed by atoms with van der Waals surface area (Å²) in [4.78, 5) is 15.4. The summed E-state index contributed by atoms with van der Waals surface area (Å²) in [6, 6.07) is 5.98. The number of methoxy groups -OCH3 is 2. The molecule has 27 heavy (non-hydrogen) atoms. The molecule has 0 radical (unpaired) electrons. The van der Waals surface area contributed by atoms with Crippen molar-refractivity contribution in [2.24, 2.45) is 5.92 Å². The van der Waals surface area contributed by atoms with Gasteiger partial charge in [0.1, 0.15) is 11.5 Å². The quantitative estimate of drug-likeness (QED) is 0.570. The molecule has 7 heteroatoms. The number of ether oxygens (including phenoxy) is 2. The summed E-state index contributed by atoms with van der Waals surface area (Å²) in [5, 5.41) is 7.43. The second kappa shape index (κ2) is 10.4. The third-order valence-corrected chi connectivity index (χ3v) is 5.07. The van der Waals surface area contributed by atoms with E-state index in [4.69, 9.17) is 9.47 Å². The molecule has 2 heterocycles. The van der Waals surface area contributed by atoms with E-state index in [1.807, 2.05) is 12.1 Å². The minimum Gasteiger partial charge on any atom is -0.497 e. The number of H-pyrrole nitrogens is 1. The smallest absolute Gasteiger partial charge is 0.220 e. The zero-order chi connectivity index (χ0) is 18.4. The molecule has 1 unspecified atom stereocenters. The first kappa shape index (κ1) is 21.4. The molecular weight excluding hydrogens is 366 g/mol. The maximum Gasteiger partial charge on any atom is 0.220 e. The van der Waals surface area contributed by atoms with Crippen molar-refractivity contribution in [3.05, 3.63) is 23.9 Å². The number of aromatic nitrogens is 1. The van der Waals surface area contributed by atoms with Crippen LogP contribution in [-0.2, 0) is 11.2 Å². The Kier molecular flexibility index (Phi) is 8.25. The first-order chi connectivity index (χ1) is 12.7. The predicted octanol–water partition coefficient (Wildman–Crippen LogP) is 3.05. The highest BCUT2D eigenvalue weighted by Crippen LogP contribution is 2.31. The Morgan fingerprint density at radius 3 is 2.81 bits per heavy atom. The molecule has 1 aliphatic heterocycles. The number of carbonyl (C=O) groups is 1. The summed E-state index contributed by atoms with van der Waals surface area (Å²) in [5.41, 5.74) is 2.14. The number of fused-ring (bicyclic) bond motifs is 1. The Bertz CT molecular complexity index is 741. The number of aryl methyl sites for hydroxylation is 1. The molecule has 2 aromatic rings. The van der Waals surface area contributed by atoms with Gasteiger partial charge in [-0.05, 0) is 50.8 Å². The van der Waals surface area contributed by atoms with Crippen molar-refractivity contribution in [3.63, 3.8) is 0 Å². The van der Waals surface area contributed by atoms with Crippen LogP contribution < -0.4 is 20.1 Å². The van der Waals surface area contributed by atoms with Gasteiger partial charge in [-0.3, -0.25) is 4.79 Å². The summed E-state index contributed by atoms with van der Waals surface area (Å²) in [6.45, 7) is 2.85. The van der Waals surface area contributed by atoms with Gasteiger partial charge >= 0.3 is 0 Å². The molecule has 1 aromatic heterocycles. The molecule has 3 N–H and O–H groups in total. The summed E-state index contributed by atoms with van der Waals surface area (Å²) in [6.07, 6.45) is 4.61. The van der Waals surface area contributed by atoms with Gasteiger partial charge in [0.25, 0.3) is 0 Å². The molecule has 1 saturated heterocycles. The molecule has 0 spiro atoms. The van der Waals surface area contributed by atoms with Crippen LogP contribution in [0.5, 0.6) is 11.5 Å². The largest absolute Gasteiger partial charge is 0.497 e. The van der Waals surface area contributed by atoms with Crippen LogP contribution in [0, 0.1) is 5.92 Å². The Morgan fingerprint density at radius 2 is 2.11 bits per heavy atom. The number of benzene rings is 1. The van der Waals surface area contributed by atoms with Gasteiger partial charge in [0.05, 0.1) is 19.7 Å². The fourth-order valence-corrected chi connectivity index (χ4v) is 3.55.